The normalized spacial score (nSPS) is 9.75. The van der Waals surface area contributed by atoms with Crippen LogP contribution in [0.15, 0.2) is 0 Å². The molecule has 0 aromatic carbocycles. The second-order valence-electron chi connectivity index (χ2n) is 0.961. The van der Waals surface area contributed by atoms with Crippen LogP contribution in [0.4, 0.5) is 0 Å². The minimum Gasteiger partial charge on any atom is -1.00 e. The third kappa shape index (κ3) is 361. The maximum absolute atomic E-state index is 8.88. The van der Waals surface area contributed by atoms with Crippen molar-refractivity contribution in [2.24, 2.45) is 0 Å². The van der Waals surface area contributed by atoms with Crippen molar-refractivity contribution in [2.45, 2.75) is 0 Å². The van der Waals surface area contributed by atoms with E-state index in [9.17, 15) is 0 Å². The van der Waals surface area contributed by atoms with Crippen LogP contribution in [0.1, 0.15) is 5.71 Å². The Bertz CT molecular complexity index is 210. The Kier molecular flexibility index (Phi) is 18.8. The summed E-state index contributed by atoms with van der Waals surface area (Å²) >= 11 is 0. The number of phosphoric acid groups is 1. The molecule has 8 nitrogen and oxygen atoms in total. The van der Waals surface area contributed by atoms with E-state index in [0.717, 1.165) is 0 Å². The first-order valence-corrected chi connectivity index (χ1v) is 4.44. The monoisotopic (exact) mass is 264 g/mol. The van der Waals surface area contributed by atoms with Gasteiger partial charge in [-0.2, -0.15) is 8.42 Å². The van der Waals surface area contributed by atoms with E-state index in [1.54, 1.807) is 0 Å². The third-order valence-electron chi connectivity index (χ3n) is 0. The fourth-order valence-corrected chi connectivity index (χ4v) is 0. The van der Waals surface area contributed by atoms with Gasteiger partial charge in [0.25, 0.3) is 0 Å². The van der Waals surface area contributed by atoms with Gasteiger partial charge in [-0.05, 0) is 0 Å². The van der Waals surface area contributed by atoms with Crippen LogP contribution in [0, 0.1) is 0 Å². The van der Waals surface area contributed by atoms with E-state index in [4.69, 9.17) is 36.8 Å². The Morgan fingerprint density at radius 1 is 1.08 bits per heavy atom. The molecule has 0 aromatic rings. The topological polar surface area (TPSA) is 152 Å². The van der Waals surface area contributed by atoms with Gasteiger partial charge in [0.15, 0.2) is 0 Å². The van der Waals surface area contributed by atoms with Gasteiger partial charge in [-0.15, -0.1) is 0 Å². The molecule has 0 spiro atoms. The number of rotatable bonds is 0. The van der Waals surface area contributed by atoms with Crippen molar-refractivity contribution in [3.8, 4) is 0 Å². The summed E-state index contributed by atoms with van der Waals surface area (Å²) < 4.78 is 40.5. The van der Waals surface area contributed by atoms with Crippen molar-refractivity contribution < 1.29 is 42.5 Å². The van der Waals surface area contributed by atoms with Gasteiger partial charge in [-0.3, -0.25) is 9.11 Å². The second kappa shape index (κ2) is 9.56. The van der Waals surface area contributed by atoms with Crippen molar-refractivity contribution in [3.05, 3.63) is 0 Å². The maximum Gasteiger partial charge on any atom is 2.00 e. The predicted octanol–water partition coefficient (Wildman–Crippen LogP) is -1.89. The number of hydrogen-bond acceptors (Lipinski definition) is 3. The van der Waals surface area contributed by atoms with Crippen molar-refractivity contribution in [1.29, 1.82) is 0 Å². The largest absolute Gasteiger partial charge is 2.00 e. The molecule has 0 aliphatic rings. The molecule has 0 fully saturated rings. The summed E-state index contributed by atoms with van der Waals surface area (Å²) in [5.74, 6) is 0. The van der Waals surface area contributed by atoms with Gasteiger partial charge in [-0.25, -0.2) is 4.57 Å². The second-order valence-corrected chi connectivity index (χ2v) is 2.88. The Morgan fingerprint density at radius 2 is 1.08 bits per heavy atom. The molecule has 0 aliphatic heterocycles. The first-order valence-electron chi connectivity index (χ1n) is 1.48. The Balaban J connectivity index is -0.00000000970. The van der Waals surface area contributed by atoms with Gasteiger partial charge < -0.3 is 20.4 Å². The van der Waals surface area contributed by atoms with E-state index in [1.807, 2.05) is 0 Å². The molecule has 72 valence electrons. The van der Waals surface area contributed by atoms with E-state index < -0.39 is 18.2 Å². The van der Waals surface area contributed by atoms with Crippen LogP contribution in [0.2, 0.25) is 0 Å². The smallest absolute Gasteiger partial charge is 1.00 e. The molecule has 0 unspecified atom stereocenters. The van der Waals surface area contributed by atoms with E-state index >= 15 is 0 Å². The quantitative estimate of drug-likeness (QED) is 0.193. The van der Waals surface area contributed by atoms with Crippen LogP contribution in [-0.4, -0.2) is 93.0 Å². The van der Waals surface area contributed by atoms with Crippen molar-refractivity contribution in [1.82, 2.24) is 0 Å². The van der Waals surface area contributed by atoms with Crippen LogP contribution >= 0.6 is 7.82 Å². The van der Waals surface area contributed by atoms with Gasteiger partial charge in [0.1, 0.15) is 0 Å². The van der Waals surface area contributed by atoms with E-state index in [1.165, 1.54) is 0 Å². The average Bonchev–Trinajstić information content (AvgIpc) is 1.12. The first-order chi connectivity index (χ1) is 4.00. The van der Waals surface area contributed by atoms with Gasteiger partial charge >= 0.3 is 79.0 Å². The fraction of sp³-hybridized carbons (Fsp3) is 0. The summed E-state index contributed by atoms with van der Waals surface area (Å²) in [6, 6.07) is 0. The van der Waals surface area contributed by atoms with E-state index in [2.05, 4.69) is 0 Å². The molecule has 5 N–H and O–H groups in total. The predicted molar refractivity (Wildman–Crippen MR) is 44.4 cm³/mol. The molecule has 0 heterocycles. The Morgan fingerprint density at radius 3 is 1.08 bits per heavy atom. The zero-order chi connectivity index (χ0) is 9.00. The van der Waals surface area contributed by atoms with Crippen LogP contribution in [-0.2, 0) is 15.0 Å². The molecule has 0 saturated heterocycles. The summed E-state index contributed by atoms with van der Waals surface area (Å²) in [6.07, 6.45) is 0. The molecule has 0 saturated carbocycles. The average molecular weight is 264 g/mol. The molecule has 0 rings (SSSR count). The molecule has 0 bridgehead atoms. The maximum atomic E-state index is 8.88. The van der Waals surface area contributed by atoms with Gasteiger partial charge in [0.2, 0.25) is 0 Å². The molecular formula is H9CaMgO8PS. The van der Waals surface area contributed by atoms with Crippen LogP contribution in [0.25, 0.3) is 0 Å². The molecular weight excluding hydrogens is 255 g/mol. The Labute approximate surface area is 120 Å². The van der Waals surface area contributed by atoms with Crippen molar-refractivity contribution >= 4 is 79.0 Å². The summed E-state index contributed by atoms with van der Waals surface area (Å²) in [5.41, 5.74) is 0. The van der Waals surface area contributed by atoms with Gasteiger partial charge in [0, 0.05) is 0 Å². The zero-order valence-corrected chi connectivity index (χ0v) is 11.1. The fourth-order valence-electron chi connectivity index (χ4n) is 0. The summed E-state index contributed by atoms with van der Waals surface area (Å²) in [6.45, 7) is 0. The van der Waals surface area contributed by atoms with E-state index in [-0.39, 0.29) is 66.5 Å². The van der Waals surface area contributed by atoms with Crippen molar-refractivity contribution in [3.63, 3.8) is 0 Å². The van der Waals surface area contributed by atoms with E-state index in [0.29, 0.717) is 0 Å². The molecule has 12 heavy (non-hydrogen) atoms. The van der Waals surface area contributed by atoms with Crippen molar-refractivity contribution in [2.75, 3.05) is 0 Å². The summed E-state index contributed by atoms with van der Waals surface area (Å²) in [5, 5.41) is 0. The third-order valence-corrected chi connectivity index (χ3v) is 0. The SMILES string of the molecule is O=P(O)(O)O.O=S(=O)(O)O.[Ca+2].[H-].[H-].[H-].[H-].[Mg+2]. The summed E-state index contributed by atoms with van der Waals surface area (Å²) in [7, 11) is -9.31. The molecule has 0 atom stereocenters. The summed E-state index contributed by atoms with van der Waals surface area (Å²) in [4.78, 5) is 21.6. The first kappa shape index (κ1) is 23.7. The Hall–Kier alpha value is 2.01. The zero-order valence-electron chi connectivity index (χ0n) is 9.73. The van der Waals surface area contributed by atoms with Gasteiger partial charge in [-0.1, -0.05) is 0 Å². The molecule has 0 aliphatic carbocycles. The van der Waals surface area contributed by atoms with Gasteiger partial charge in [0.05, 0.1) is 0 Å². The molecule has 0 aromatic heterocycles. The number of hydrogen-bond donors (Lipinski definition) is 5. The minimum absolute atomic E-state index is 0. The molecule has 12 heteroatoms. The van der Waals surface area contributed by atoms with Crippen LogP contribution in [0.5, 0.6) is 0 Å². The van der Waals surface area contributed by atoms with Crippen LogP contribution < -0.4 is 0 Å². The molecule has 0 radical (unpaired) electrons. The molecule has 0 amide bonds. The van der Waals surface area contributed by atoms with Crippen LogP contribution in [0.3, 0.4) is 0 Å². The minimum atomic E-state index is -4.67. The standard InChI is InChI=1S/Ca.Mg.H3O4P.H2O4S.4H/c;;2*1-5(2,3)4;;;;/h;;(H3,1,2,3,4);(H2,1,2,3,4);;;;/q2*+2;;;4*-1.